The minimum absolute atomic E-state index is 0.0268. The summed E-state index contributed by atoms with van der Waals surface area (Å²) in [5, 5.41) is 9.01. The lowest BCUT2D eigenvalue weighted by Crippen LogP contribution is -2.48. The highest BCUT2D eigenvalue weighted by Gasteiger charge is 2.31. The Balaban J connectivity index is 2.21. The highest BCUT2D eigenvalue weighted by molar-refractivity contribution is 5.67. The number of hydrogen-bond donors (Lipinski definition) is 1. The van der Waals surface area contributed by atoms with Crippen LogP contribution in [0.4, 0.5) is 4.39 Å². The van der Waals surface area contributed by atoms with Crippen LogP contribution in [0.25, 0.3) is 0 Å². The number of halogens is 1. The Morgan fingerprint density at radius 1 is 1.60 bits per heavy atom. The van der Waals surface area contributed by atoms with Crippen molar-refractivity contribution in [2.75, 3.05) is 19.8 Å². The standard InChI is InChI=1S/C15H20FNO3/c1-2-14(11-4-3-5-12(16)8-11)17-6-7-20-10-13(17)9-15(18)19/h3-5,8,13-14H,2,6-7,9-10H2,1H3,(H,18,19). The Bertz CT molecular complexity index is 466. The van der Waals surface area contributed by atoms with Crippen LogP contribution in [0.15, 0.2) is 24.3 Å². The average molecular weight is 281 g/mol. The Labute approximate surface area is 118 Å². The fourth-order valence-corrected chi connectivity index (χ4v) is 2.83. The van der Waals surface area contributed by atoms with E-state index in [0.717, 1.165) is 12.0 Å². The van der Waals surface area contributed by atoms with Gasteiger partial charge in [0.25, 0.3) is 0 Å². The largest absolute Gasteiger partial charge is 0.481 e. The summed E-state index contributed by atoms with van der Waals surface area (Å²) in [5.74, 6) is -1.09. The molecule has 0 amide bonds. The molecule has 1 aliphatic rings. The van der Waals surface area contributed by atoms with Gasteiger partial charge in [-0.05, 0) is 24.1 Å². The molecule has 20 heavy (non-hydrogen) atoms. The van der Waals surface area contributed by atoms with Gasteiger partial charge in [0, 0.05) is 18.6 Å². The van der Waals surface area contributed by atoms with E-state index in [1.165, 1.54) is 12.1 Å². The van der Waals surface area contributed by atoms with E-state index in [-0.39, 0.29) is 24.3 Å². The number of morpholine rings is 1. The van der Waals surface area contributed by atoms with Gasteiger partial charge in [-0.3, -0.25) is 9.69 Å². The van der Waals surface area contributed by atoms with Crippen LogP contribution in [-0.2, 0) is 9.53 Å². The van der Waals surface area contributed by atoms with Crippen LogP contribution in [0, 0.1) is 5.82 Å². The van der Waals surface area contributed by atoms with Crippen molar-refractivity contribution >= 4 is 5.97 Å². The smallest absolute Gasteiger partial charge is 0.305 e. The molecule has 0 bridgehead atoms. The minimum atomic E-state index is -0.834. The van der Waals surface area contributed by atoms with Gasteiger partial charge >= 0.3 is 5.97 Å². The fraction of sp³-hybridized carbons (Fsp3) is 0.533. The predicted octanol–water partition coefficient (Wildman–Crippen LogP) is 2.45. The summed E-state index contributed by atoms with van der Waals surface area (Å²) in [6, 6.07) is 6.41. The van der Waals surface area contributed by atoms with Crippen LogP contribution in [-0.4, -0.2) is 41.8 Å². The normalized spacial score (nSPS) is 21.6. The molecule has 2 rings (SSSR count). The molecule has 0 spiro atoms. The fourth-order valence-electron chi connectivity index (χ4n) is 2.83. The third kappa shape index (κ3) is 3.55. The van der Waals surface area contributed by atoms with E-state index in [0.29, 0.717) is 19.8 Å². The third-order valence-electron chi connectivity index (χ3n) is 3.70. The highest BCUT2D eigenvalue weighted by atomic mass is 19.1. The molecule has 1 aliphatic heterocycles. The second-order valence-corrected chi connectivity index (χ2v) is 5.04. The second-order valence-electron chi connectivity index (χ2n) is 5.04. The first kappa shape index (κ1) is 14.9. The van der Waals surface area contributed by atoms with E-state index in [9.17, 15) is 9.18 Å². The molecule has 110 valence electrons. The van der Waals surface area contributed by atoms with Gasteiger partial charge in [-0.15, -0.1) is 0 Å². The van der Waals surface area contributed by atoms with E-state index in [2.05, 4.69) is 4.90 Å². The number of carboxylic acids is 1. The van der Waals surface area contributed by atoms with Gasteiger partial charge in [-0.2, -0.15) is 0 Å². The molecule has 0 aromatic heterocycles. The Hall–Kier alpha value is -1.46. The summed E-state index contributed by atoms with van der Waals surface area (Å²) in [7, 11) is 0. The van der Waals surface area contributed by atoms with Crippen LogP contribution >= 0.6 is 0 Å². The number of rotatable bonds is 5. The molecule has 0 saturated carbocycles. The Morgan fingerprint density at radius 2 is 2.40 bits per heavy atom. The maximum absolute atomic E-state index is 13.4. The molecule has 2 unspecified atom stereocenters. The van der Waals surface area contributed by atoms with Crippen LogP contribution in [0.3, 0.4) is 0 Å². The zero-order valence-corrected chi connectivity index (χ0v) is 11.6. The van der Waals surface area contributed by atoms with Crippen LogP contribution in [0.1, 0.15) is 31.4 Å². The lowest BCUT2D eigenvalue weighted by Gasteiger charge is -2.40. The lowest BCUT2D eigenvalue weighted by molar-refractivity contribution is -0.141. The van der Waals surface area contributed by atoms with Gasteiger partial charge in [-0.1, -0.05) is 19.1 Å². The van der Waals surface area contributed by atoms with Crippen LogP contribution < -0.4 is 0 Å². The van der Waals surface area contributed by atoms with Crippen molar-refractivity contribution in [3.63, 3.8) is 0 Å². The number of ether oxygens (including phenoxy) is 1. The summed E-state index contributed by atoms with van der Waals surface area (Å²) >= 11 is 0. The zero-order valence-electron chi connectivity index (χ0n) is 11.6. The van der Waals surface area contributed by atoms with Crippen LogP contribution in [0.5, 0.6) is 0 Å². The van der Waals surface area contributed by atoms with Gasteiger partial charge in [0.15, 0.2) is 0 Å². The minimum Gasteiger partial charge on any atom is -0.481 e. The molecule has 1 fully saturated rings. The van der Waals surface area contributed by atoms with Gasteiger partial charge in [0.1, 0.15) is 5.82 Å². The summed E-state index contributed by atoms with van der Waals surface area (Å²) in [6.45, 7) is 3.70. The van der Waals surface area contributed by atoms with Gasteiger partial charge in [-0.25, -0.2) is 4.39 Å². The van der Waals surface area contributed by atoms with E-state index < -0.39 is 5.97 Å². The summed E-state index contributed by atoms with van der Waals surface area (Å²) in [4.78, 5) is 13.1. The van der Waals surface area contributed by atoms with Gasteiger partial charge < -0.3 is 9.84 Å². The maximum Gasteiger partial charge on any atom is 0.305 e. The summed E-state index contributed by atoms with van der Waals surface area (Å²) in [5.41, 5.74) is 0.893. The van der Waals surface area contributed by atoms with Gasteiger partial charge in [0.05, 0.1) is 19.6 Å². The molecular weight excluding hydrogens is 261 g/mol. The first-order chi connectivity index (χ1) is 9.61. The van der Waals surface area contributed by atoms with E-state index in [4.69, 9.17) is 9.84 Å². The Kier molecular flexibility index (Phi) is 5.09. The van der Waals surface area contributed by atoms with E-state index in [1.54, 1.807) is 6.07 Å². The molecule has 1 heterocycles. The maximum atomic E-state index is 13.4. The molecule has 1 aromatic carbocycles. The monoisotopic (exact) mass is 281 g/mol. The third-order valence-corrected chi connectivity index (χ3v) is 3.70. The van der Waals surface area contributed by atoms with Crippen molar-refractivity contribution in [2.45, 2.75) is 31.8 Å². The predicted molar refractivity (Wildman–Crippen MR) is 73.0 cm³/mol. The molecule has 2 atom stereocenters. The number of carbonyl (C=O) groups is 1. The lowest BCUT2D eigenvalue weighted by atomic mass is 9.99. The number of carboxylic acid groups (broad SMARTS) is 1. The van der Waals surface area contributed by atoms with Crippen molar-refractivity contribution in [1.82, 2.24) is 4.90 Å². The topological polar surface area (TPSA) is 49.8 Å². The number of nitrogens with zero attached hydrogens (tertiary/aromatic N) is 1. The molecule has 0 radical (unpaired) electrons. The second kappa shape index (κ2) is 6.81. The van der Waals surface area contributed by atoms with Crippen molar-refractivity contribution in [3.05, 3.63) is 35.6 Å². The number of aliphatic carboxylic acids is 1. The first-order valence-corrected chi connectivity index (χ1v) is 6.92. The molecular formula is C15H20FNO3. The van der Waals surface area contributed by atoms with Crippen molar-refractivity contribution < 1.29 is 19.0 Å². The average Bonchev–Trinajstić information content (AvgIpc) is 2.41. The zero-order chi connectivity index (χ0) is 14.5. The van der Waals surface area contributed by atoms with E-state index >= 15 is 0 Å². The molecule has 5 heteroatoms. The van der Waals surface area contributed by atoms with Crippen molar-refractivity contribution in [2.24, 2.45) is 0 Å². The Morgan fingerprint density at radius 3 is 3.05 bits per heavy atom. The van der Waals surface area contributed by atoms with Crippen LogP contribution in [0.2, 0.25) is 0 Å². The SMILES string of the molecule is CCC(c1cccc(F)c1)N1CCOCC1CC(=O)O. The van der Waals surface area contributed by atoms with E-state index in [1.807, 2.05) is 13.0 Å². The quantitative estimate of drug-likeness (QED) is 0.900. The summed E-state index contributed by atoms with van der Waals surface area (Å²) < 4.78 is 18.8. The highest BCUT2D eigenvalue weighted by Crippen LogP contribution is 2.29. The number of hydrogen-bond acceptors (Lipinski definition) is 3. The van der Waals surface area contributed by atoms with Gasteiger partial charge in [0.2, 0.25) is 0 Å². The molecule has 1 aromatic rings. The molecule has 1 saturated heterocycles. The first-order valence-electron chi connectivity index (χ1n) is 6.92. The molecule has 4 nitrogen and oxygen atoms in total. The van der Waals surface area contributed by atoms with Crippen molar-refractivity contribution in [1.29, 1.82) is 0 Å². The molecule has 1 N–H and O–H groups in total. The van der Waals surface area contributed by atoms with Crippen molar-refractivity contribution in [3.8, 4) is 0 Å². The molecule has 0 aliphatic carbocycles. The number of benzene rings is 1. The summed E-state index contributed by atoms with van der Waals surface area (Å²) in [6.07, 6.45) is 0.853.